The maximum atomic E-state index is 12.9. The van der Waals surface area contributed by atoms with E-state index in [4.69, 9.17) is 11.6 Å². The van der Waals surface area contributed by atoms with Gasteiger partial charge in [-0.1, -0.05) is 54.1 Å². The second kappa shape index (κ2) is 10.3. The molecule has 33 heavy (non-hydrogen) atoms. The summed E-state index contributed by atoms with van der Waals surface area (Å²) >= 11 is 5.85. The summed E-state index contributed by atoms with van der Waals surface area (Å²) in [6, 6.07) is 17.9. The molecular weight excluding hydrogens is 438 g/mol. The van der Waals surface area contributed by atoms with Crippen molar-refractivity contribution in [3.05, 3.63) is 94.1 Å². The summed E-state index contributed by atoms with van der Waals surface area (Å²) in [6.07, 6.45) is 1.59. The number of nitrogens with one attached hydrogen (secondary N) is 2. The van der Waals surface area contributed by atoms with Crippen LogP contribution in [0.25, 0.3) is 0 Å². The Kier molecular flexibility index (Phi) is 7.00. The number of amides is 1. The highest BCUT2D eigenvalue weighted by molar-refractivity contribution is 6.30. The molecule has 0 saturated heterocycles. The number of carbonyl (C=O) groups excluding carboxylic acids is 2. The minimum Gasteiger partial charge on any atom is -0.352 e. The van der Waals surface area contributed by atoms with Gasteiger partial charge in [0.1, 0.15) is 5.82 Å². The Hall–Kier alpha value is -3.71. The molecule has 3 aromatic rings. The summed E-state index contributed by atoms with van der Waals surface area (Å²) < 4.78 is 0. The van der Waals surface area contributed by atoms with Gasteiger partial charge in [-0.25, -0.2) is 4.98 Å². The normalized spacial score (nSPS) is 12.9. The van der Waals surface area contributed by atoms with Gasteiger partial charge in [-0.05, 0) is 29.3 Å². The highest BCUT2D eigenvalue weighted by Crippen LogP contribution is 2.16. The third kappa shape index (κ3) is 5.75. The van der Waals surface area contributed by atoms with Crippen LogP contribution in [0.5, 0.6) is 0 Å². The van der Waals surface area contributed by atoms with Crippen molar-refractivity contribution in [1.82, 2.24) is 15.2 Å². The Morgan fingerprint density at radius 2 is 1.85 bits per heavy atom. The molecule has 1 aliphatic rings. The van der Waals surface area contributed by atoms with E-state index in [0.29, 0.717) is 34.1 Å². The molecule has 2 heterocycles. The van der Waals surface area contributed by atoms with E-state index >= 15 is 0 Å². The van der Waals surface area contributed by atoms with E-state index in [0.717, 1.165) is 24.6 Å². The summed E-state index contributed by atoms with van der Waals surface area (Å²) in [5.74, 6) is 0.900. The van der Waals surface area contributed by atoms with E-state index in [1.54, 1.807) is 30.3 Å². The largest absolute Gasteiger partial charge is 0.352 e. The number of hydrogen-bond donors (Lipinski definition) is 2. The number of hydrogen-bond acceptors (Lipinski definition) is 6. The van der Waals surface area contributed by atoms with Gasteiger partial charge < -0.3 is 15.5 Å². The van der Waals surface area contributed by atoms with Gasteiger partial charge in [0.25, 0.3) is 5.91 Å². The molecule has 2 aromatic carbocycles. The number of aliphatic imine (C=N–C) groups is 1. The third-order valence-electron chi connectivity index (χ3n) is 5.37. The van der Waals surface area contributed by atoms with Crippen molar-refractivity contribution >= 4 is 35.1 Å². The van der Waals surface area contributed by atoms with Gasteiger partial charge >= 0.3 is 0 Å². The van der Waals surface area contributed by atoms with Crippen LogP contribution in [0.3, 0.4) is 0 Å². The summed E-state index contributed by atoms with van der Waals surface area (Å²) in [6.45, 7) is 2.37. The maximum Gasteiger partial charge on any atom is 0.257 e. The Morgan fingerprint density at radius 1 is 1.06 bits per heavy atom. The maximum absolute atomic E-state index is 12.9. The van der Waals surface area contributed by atoms with Crippen LogP contribution in [0.2, 0.25) is 5.02 Å². The van der Waals surface area contributed by atoms with Gasteiger partial charge in [-0.3, -0.25) is 14.6 Å². The molecule has 0 aliphatic carbocycles. The molecule has 2 N–H and O–H groups in total. The lowest BCUT2D eigenvalue weighted by Gasteiger charge is -2.15. The van der Waals surface area contributed by atoms with E-state index in [9.17, 15) is 9.59 Å². The van der Waals surface area contributed by atoms with Crippen LogP contribution in [-0.4, -0.2) is 47.7 Å². The first-order valence-electron chi connectivity index (χ1n) is 10.6. The van der Waals surface area contributed by atoms with Gasteiger partial charge in [0.15, 0.2) is 11.7 Å². The molecule has 8 heteroatoms. The lowest BCUT2D eigenvalue weighted by atomic mass is 9.97. The highest BCUT2D eigenvalue weighted by atomic mass is 35.5. The molecule has 0 bridgehead atoms. The number of ketones is 1. The van der Waals surface area contributed by atoms with E-state index < -0.39 is 0 Å². The molecule has 0 fully saturated rings. The van der Waals surface area contributed by atoms with Gasteiger partial charge in [-0.2, -0.15) is 0 Å². The Bertz CT molecular complexity index is 1180. The Labute approximate surface area is 197 Å². The SMILES string of the molecule is CN1CCN=C1NCc1ccc(C(=O)Cc2ccccc2C(=O)Nc2ccc(Cl)cn2)cc1. The summed E-state index contributed by atoms with van der Waals surface area (Å²) in [5, 5.41) is 6.55. The average molecular weight is 462 g/mol. The first kappa shape index (κ1) is 22.5. The standard InChI is InChI=1S/C25H24ClN5O2/c1-31-13-12-27-25(31)29-15-17-6-8-18(9-7-17)22(32)14-19-4-2-3-5-21(19)24(33)30-23-11-10-20(26)16-28-23/h2-11,16H,12-15H2,1H3,(H,27,29)(H,28,30,33). The summed E-state index contributed by atoms with van der Waals surface area (Å²) in [7, 11) is 2.00. The third-order valence-corrected chi connectivity index (χ3v) is 5.59. The number of nitrogens with zero attached hydrogens (tertiary/aromatic N) is 3. The number of rotatable bonds is 7. The summed E-state index contributed by atoms with van der Waals surface area (Å²) in [4.78, 5) is 36.3. The molecule has 1 amide bonds. The number of anilines is 1. The van der Waals surface area contributed by atoms with Crippen LogP contribution < -0.4 is 10.6 Å². The van der Waals surface area contributed by atoms with Crippen LogP contribution in [0, 0.1) is 0 Å². The van der Waals surface area contributed by atoms with Crippen LogP contribution in [-0.2, 0) is 13.0 Å². The number of likely N-dealkylation sites (N-methyl/N-ethyl adjacent to an activating group) is 1. The van der Waals surface area contributed by atoms with Gasteiger partial charge in [0.2, 0.25) is 0 Å². The van der Waals surface area contributed by atoms with E-state index in [2.05, 4.69) is 25.5 Å². The highest BCUT2D eigenvalue weighted by Gasteiger charge is 2.16. The van der Waals surface area contributed by atoms with Gasteiger partial charge in [-0.15, -0.1) is 0 Å². The van der Waals surface area contributed by atoms with Crippen molar-refractivity contribution in [3.63, 3.8) is 0 Å². The van der Waals surface area contributed by atoms with Crippen molar-refractivity contribution < 1.29 is 9.59 Å². The van der Waals surface area contributed by atoms with Crippen LogP contribution >= 0.6 is 11.6 Å². The first-order chi connectivity index (χ1) is 16.0. The average Bonchev–Trinajstić information content (AvgIpc) is 3.24. The minimum absolute atomic E-state index is 0.0562. The zero-order chi connectivity index (χ0) is 23.2. The van der Waals surface area contributed by atoms with Gasteiger partial charge in [0.05, 0.1) is 11.6 Å². The fourth-order valence-corrected chi connectivity index (χ4v) is 3.63. The molecule has 1 aliphatic heterocycles. The smallest absolute Gasteiger partial charge is 0.257 e. The van der Waals surface area contributed by atoms with E-state index in [1.165, 1.54) is 6.20 Å². The molecule has 0 atom stereocenters. The number of Topliss-reactive ketones (excluding diaryl/α,β-unsaturated/α-hetero) is 1. The number of carbonyl (C=O) groups is 2. The number of halogens is 1. The predicted molar refractivity (Wildman–Crippen MR) is 130 cm³/mol. The van der Waals surface area contributed by atoms with Gasteiger partial charge in [0, 0.05) is 43.9 Å². The fraction of sp³-hybridized carbons (Fsp3) is 0.200. The lowest BCUT2D eigenvalue weighted by Crippen LogP contribution is -2.35. The molecule has 0 saturated carbocycles. The topological polar surface area (TPSA) is 86.7 Å². The van der Waals surface area contributed by atoms with E-state index in [-0.39, 0.29) is 18.1 Å². The number of aromatic nitrogens is 1. The molecular formula is C25H24ClN5O2. The Balaban J connectivity index is 1.40. The van der Waals surface area contributed by atoms with Crippen LogP contribution in [0.15, 0.2) is 71.9 Å². The molecule has 1 aromatic heterocycles. The monoisotopic (exact) mass is 461 g/mol. The molecule has 0 spiro atoms. The molecule has 7 nitrogen and oxygen atoms in total. The van der Waals surface area contributed by atoms with Crippen molar-refractivity contribution in [1.29, 1.82) is 0 Å². The molecule has 4 rings (SSSR count). The fourth-order valence-electron chi connectivity index (χ4n) is 3.52. The second-order valence-electron chi connectivity index (χ2n) is 7.75. The quantitative estimate of drug-likeness (QED) is 0.522. The molecule has 0 radical (unpaired) electrons. The zero-order valence-electron chi connectivity index (χ0n) is 18.2. The minimum atomic E-state index is -0.325. The first-order valence-corrected chi connectivity index (χ1v) is 11.0. The van der Waals surface area contributed by atoms with Crippen molar-refractivity contribution in [2.24, 2.45) is 4.99 Å². The summed E-state index contributed by atoms with van der Waals surface area (Å²) in [5.41, 5.74) is 2.75. The zero-order valence-corrected chi connectivity index (χ0v) is 19.0. The lowest BCUT2D eigenvalue weighted by molar-refractivity contribution is 0.0992. The molecule has 168 valence electrons. The number of pyridine rings is 1. The Morgan fingerprint density at radius 3 is 2.55 bits per heavy atom. The number of guanidine groups is 1. The van der Waals surface area contributed by atoms with Crippen molar-refractivity contribution in [3.8, 4) is 0 Å². The second-order valence-corrected chi connectivity index (χ2v) is 8.19. The van der Waals surface area contributed by atoms with Crippen molar-refractivity contribution in [2.75, 3.05) is 25.5 Å². The van der Waals surface area contributed by atoms with Crippen LogP contribution in [0.4, 0.5) is 5.82 Å². The van der Waals surface area contributed by atoms with Crippen LogP contribution in [0.1, 0.15) is 31.8 Å². The van der Waals surface area contributed by atoms with Crippen molar-refractivity contribution in [2.45, 2.75) is 13.0 Å². The number of benzene rings is 2. The van der Waals surface area contributed by atoms with E-state index in [1.807, 2.05) is 37.4 Å². The predicted octanol–water partition coefficient (Wildman–Crippen LogP) is 3.80. The molecule has 0 unspecified atom stereocenters.